The van der Waals surface area contributed by atoms with Gasteiger partial charge in [-0.2, -0.15) is 0 Å². The van der Waals surface area contributed by atoms with E-state index in [0.29, 0.717) is 41.5 Å². The first kappa shape index (κ1) is 22.7. The zero-order chi connectivity index (χ0) is 23.3. The molecule has 0 unspecified atom stereocenters. The molecule has 3 N–H and O–H groups in total. The number of thiophene rings is 1. The normalized spacial score (nSPS) is 13.3. The van der Waals surface area contributed by atoms with Crippen LogP contribution in [0.2, 0.25) is 0 Å². The molecule has 10 heteroatoms. The molecule has 1 aliphatic rings. The summed E-state index contributed by atoms with van der Waals surface area (Å²) in [4.78, 5) is 29.5. The van der Waals surface area contributed by atoms with Gasteiger partial charge in [0.25, 0.3) is 21.8 Å². The molecule has 2 heterocycles. The lowest BCUT2D eigenvalue weighted by molar-refractivity contribution is 0.0953. The smallest absolute Gasteiger partial charge is 0.262 e. The highest BCUT2D eigenvalue weighted by molar-refractivity contribution is 7.90. The van der Waals surface area contributed by atoms with E-state index in [9.17, 15) is 18.0 Å². The summed E-state index contributed by atoms with van der Waals surface area (Å²) in [6.45, 7) is 0.963. The highest BCUT2D eigenvalue weighted by atomic mass is 32.2. The molecule has 170 valence electrons. The summed E-state index contributed by atoms with van der Waals surface area (Å²) >= 11 is 1.37. The van der Waals surface area contributed by atoms with Crippen molar-refractivity contribution in [1.29, 1.82) is 0 Å². The second-order valence-corrected chi connectivity index (χ2v) is 10.0. The number of amides is 2. The SMILES string of the molecule is O=C(Nc1cccc(S(=O)(=O)NC2=NCCC2)c1)c1ccc(CNC(=O)c2cccs2)cc1. The summed E-state index contributed by atoms with van der Waals surface area (Å²) < 4.78 is 27.7. The van der Waals surface area contributed by atoms with Crippen molar-refractivity contribution in [3.05, 3.63) is 82.0 Å². The average Bonchev–Trinajstić information content (AvgIpc) is 3.52. The number of hydrogen-bond acceptors (Lipinski definition) is 6. The van der Waals surface area contributed by atoms with Crippen LogP contribution in [0.15, 0.2) is 75.9 Å². The zero-order valence-electron chi connectivity index (χ0n) is 17.6. The summed E-state index contributed by atoms with van der Waals surface area (Å²) in [5.74, 6) is -0.0564. The van der Waals surface area contributed by atoms with Crippen LogP contribution in [0.3, 0.4) is 0 Å². The van der Waals surface area contributed by atoms with Gasteiger partial charge in [-0.25, -0.2) is 8.42 Å². The lowest BCUT2D eigenvalue weighted by Crippen LogP contribution is -2.29. The maximum absolute atomic E-state index is 12.6. The number of nitrogens with zero attached hydrogens (tertiary/aromatic N) is 1. The average molecular weight is 483 g/mol. The Bertz CT molecular complexity index is 1280. The van der Waals surface area contributed by atoms with Crippen LogP contribution >= 0.6 is 11.3 Å². The number of rotatable bonds is 7. The molecule has 3 aromatic rings. The first-order chi connectivity index (χ1) is 15.9. The summed E-state index contributed by atoms with van der Waals surface area (Å²) in [7, 11) is -3.77. The van der Waals surface area contributed by atoms with Gasteiger partial charge in [0.15, 0.2) is 0 Å². The van der Waals surface area contributed by atoms with Gasteiger partial charge < -0.3 is 10.6 Å². The van der Waals surface area contributed by atoms with Crippen LogP contribution in [0, 0.1) is 0 Å². The fraction of sp³-hybridized carbons (Fsp3) is 0.174. The van der Waals surface area contributed by atoms with Crippen LogP contribution in [0.1, 0.15) is 38.4 Å². The van der Waals surface area contributed by atoms with E-state index in [1.807, 2.05) is 11.4 Å². The van der Waals surface area contributed by atoms with Gasteiger partial charge in [0.2, 0.25) is 0 Å². The van der Waals surface area contributed by atoms with Crippen molar-refractivity contribution in [3.8, 4) is 0 Å². The number of carbonyl (C=O) groups excluding carboxylic acids is 2. The molecule has 0 bridgehead atoms. The molecule has 1 aliphatic heterocycles. The monoisotopic (exact) mass is 482 g/mol. The van der Waals surface area contributed by atoms with E-state index in [1.165, 1.54) is 23.5 Å². The second kappa shape index (κ2) is 9.97. The molecule has 33 heavy (non-hydrogen) atoms. The van der Waals surface area contributed by atoms with E-state index < -0.39 is 10.0 Å². The Morgan fingerprint density at radius 2 is 1.82 bits per heavy atom. The van der Waals surface area contributed by atoms with Crippen molar-refractivity contribution in [2.75, 3.05) is 11.9 Å². The van der Waals surface area contributed by atoms with Gasteiger partial charge in [-0.3, -0.25) is 19.3 Å². The van der Waals surface area contributed by atoms with Crippen LogP contribution in [-0.4, -0.2) is 32.6 Å². The van der Waals surface area contributed by atoms with Gasteiger partial charge in [-0.15, -0.1) is 11.3 Å². The van der Waals surface area contributed by atoms with Crippen LogP contribution in [0.25, 0.3) is 0 Å². The van der Waals surface area contributed by atoms with Crippen LogP contribution < -0.4 is 15.4 Å². The van der Waals surface area contributed by atoms with Crippen molar-refractivity contribution in [3.63, 3.8) is 0 Å². The van der Waals surface area contributed by atoms with E-state index >= 15 is 0 Å². The van der Waals surface area contributed by atoms with Gasteiger partial charge in [-0.1, -0.05) is 24.3 Å². The lowest BCUT2D eigenvalue weighted by Gasteiger charge is -2.10. The number of sulfonamides is 1. The third-order valence-corrected chi connectivity index (χ3v) is 7.19. The maximum Gasteiger partial charge on any atom is 0.262 e. The van der Waals surface area contributed by atoms with Crippen LogP contribution in [-0.2, 0) is 16.6 Å². The number of anilines is 1. The minimum absolute atomic E-state index is 0.0479. The molecular weight excluding hydrogens is 460 g/mol. The van der Waals surface area contributed by atoms with Crippen molar-refractivity contribution < 1.29 is 18.0 Å². The quantitative estimate of drug-likeness (QED) is 0.478. The molecule has 0 fully saturated rings. The molecule has 1 aromatic heterocycles. The molecule has 8 nitrogen and oxygen atoms in total. The third kappa shape index (κ3) is 5.85. The predicted octanol–water partition coefficient (Wildman–Crippen LogP) is 3.40. The molecule has 0 saturated carbocycles. The molecule has 0 radical (unpaired) electrons. The molecular formula is C23H22N4O4S2. The Kier molecular flexibility index (Phi) is 6.85. The van der Waals surface area contributed by atoms with Crippen LogP contribution in [0.5, 0.6) is 0 Å². The second-order valence-electron chi connectivity index (χ2n) is 7.38. The molecule has 0 aliphatic carbocycles. The first-order valence-electron chi connectivity index (χ1n) is 10.3. The summed E-state index contributed by atoms with van der Waals surface area (Å²) in [5, 5.41) is 7.40. The molecule has 0 spiro atoms. The van der Waals surface area contributed by atoms with Crippen molar-refractivity contribution in [2.45, 2.75) is 24.3 Å². The van der Waals surface area contributed by atoms with E-state index in [2.05, 4.69) is 20.3 Å². The molecule has 2 aromatic carbocycles. The highest BCUT2D eigenvalue weighted by Gasteiger charge is 2.19. The topological polar surface area (TPSA) is 117 Å². The zero-order valence-corrected chi connectivity index (χ0v) is 19.2. The summed E-state index contributed by atoms with van der Waals surface area (Å²) in [5.41, 5.74) is 1.63. The van der Waals surface area contributed by atoms with E-state index in [4.69, 9.17) is 0 Å². The Labute approximate surface area is 195 Å². The van der Waals surface area contributed by atoms with E-state index in [1.54, 1.807) is 42.5 Å². The number of hydrogen-bond donors (Lipinski definition) is 3. The lowest BCUT2D eigenvalue weighted by atomic mass is 10.1. The Morgan fingerprint density at radius 1 is 1.00 bits per heavy atom. The fourth-order valence-electron chi connectivity index (χ4n) is 3.23. The van der Waals surface area contributed by atoms with Gasteiger partial charge >= 0.3 is 0 Å². The minimum atomic E-state index is -3.77. The number of benzene rings is 2. The third-order valence-electron chi connectivity index (χ3n) is 4.94. The molecule has 4 rings (SSSR count). The number of nitrogens with one attached hydrogen (secondary N) is 3. The molecule has 0 atom stereocenters. The standard InChI is InChI=1S/C23H22N4O4S2/c28-22(17-10-8-16(9-11-17)15-25-23(29)20-6-3-13-32-20)26-18-4-1-5-19(14-18)33(30,31)27-21-7-2-12-24-21/h1,3-6,8-11,13-14H,2,7,12,15H2,(H,24,27)(H,25,29)(H,26,28). The largest absolute Gasteiger partial charge is 0.347 e. The minimum Gasteiger partial charge on any atom is -0.347 e. The Morgan fingerprint density at radius 3 is 2.52 bits per heavy atom. The van der Waals surface area contributed by atoms with Gasteiger partial charge in [0.1, 0.15) is 5.84 Å². The van der Waals surface area contributed by atoms with Gasteiger partial charge in [0, 0.05) is 30.8 Å². The van der Waals surface area contributed by atoms with E-state index in [-0.39, 0.29) is 16.7 Å². The predicted molar refractivity (Wildman–Crippen MR) is 128 cm³/mol. The Hall–Kier alpha value is -3.50. The number of carbonyl (C=O) groups is 2. The highest BCUT2D eigenvalue weighted by Crippen LogP contribution is 2.18. The van der Waals surface area contributed by atoms with Gasteiger partial charge in [0.05, 0.1) is 9.77 Å². The van der Waals surface area contributed by atoms with Crippen molar-refractivity contribution in [1.82, 2.24) is 10.0 Å². The Balaban J connectivity index is 1.37. The molecule has 0 saturated heterocycles. The maximum atomic E-state index is 12.6. The van der Waals surface area contributed by atoms with Crippen molar-refractivity contribution >= 4 is 44.7 Å². The van der Waals surface area contributed by atoms with Crippen molar-refractivity contribution in [2.24, 2.45) is 4.99 Å². The summed E-state index contributed by atoms with van der Waals surface area (Å²) in [6.07, 6.45) is 1.43. The number of aliphatic imine (C=N–C) groups is 1. The fourth-order valence-corrected chi connectivity index (χ4v) is 5.01. The van der Waals surface area contributed by atoms with Crippen LogP contribution in [0.4, 0.5) is 5.69 Å². The summed E-state index contributed by atoms with van der Waals surface area (Å²) in [6, 6.07) is 16.5. The first-order valence-corrected chi connectivity index (χ1v) is 12.7. The number of amidine groups is 1. The van der Waals surface area contributed by atoms with E-state index in [0.717, 1.165) is 12.0 Å². The van der Waals surface area contributed by atoms with Gasteiger partial charge in [-0.05, 0) is 53.8 Å². The molecule has 2 amide bonds.